The molecule has 0 aliphatic heterocycles. The third-order valence-corrected chi connectivity index (χ3v) is 2.03. The van der Waals surface area contributed by atoms with Crippen molar-refractivity contribution in [2.24, 2.45) is 0 Å². The van der Waals surface area contributed by atoms with E-state index >= 15 is 0 Å². The zero-order valence-electron chi connectivity index (χ0n) is 8.32. The van der Waals surface area contributed by atoms with Gasteiger partial charge in [0.1, 0.15) is 17.3 Å². The molecular formula is C11H9F2N3. The maximum Gasteiger partial charge on any atom is 0.149 e. The minimum atomic E-state index is -0.621. The second kappa shape index (κ2) is 4.65. The van der Waals surface area contributed by atoms with E-state index in [1.165, 1.54) is 36.8 Å². The Morgan fingerprint density at radius 2 is 1.88 bits per heavy atom. The summed E-state index contributed by atoms with van der Waals surface area (Å²) in [5.41, 5.74) is 0.471. The lowest BCUT2D eigenvalue weighted by atomic mass is 10.3. The number of benzene rings is 1. The van der Waals surface area contributed by atoms with E-state index in [0.29, 0.717) is 5.69 Å². The summed E-state index contributed by atoms with van der Waals surface area (Å²) in [5.74, 6) is -1.24. The smallest absolute Gasteiger partial charge is 0.149 e. The summed E-state index contributed by atoms with van der Waals surface area (Å²) >= 11 is 0. The van der Waals surface area contributed by atoms with Crippen molar-refractivity contribution in [3.05, 3.63) is 54.1 Å². The molecule has 2 aromatic rings. The van der Waals surface area contributed by atoms with Gasteiger partial charge in [0.2, 0.25) is 0 Å². The van der Waals surface area contributed by atoms with Gasteiger partial charge in [-0.2, -0.15) is 0 Å². The Balaban J connectivity index is 2.11. The number of nitrogens with zero attached hydrogens (tertiary/aromatic N) is 2. The van der Waals surface area contributed by atoms with Gasteiger partial charge in [0, 0.05) is 12.4 Å². The Morgan fingerprint density at radius 3 is 2.50 bits per heavy atom. The summed E-state index contributed by atoms with van der Waals surface area (Å²) in [4.78, 5) is 7.84. The number of hydrogen-bond donors (Lipinski definition) is 1. The van der Waals surface area contributed by atoms with Crippen LogP contribution in [0.4, 0.5) is 14.5 Å². The first kappa shape index (κ1) is 10.5. The van der Waals surface area contributed by atoms with Crippen molar-refractivity contribution in [3.8, 4) is 0 Å². The first-order valence-corrected chi connectivity index (χ1v) is 4.70. The molecule has 5 heteroatoms. The molecular weight excluding hydrogens is 212 g/mol. The van der Waals surface area contributed by atoms with Crippen molar-refractivity contribution in [3.63, 3.8) is 0 Å². The lowest BCUT2D eigenvalue weighted by molar-refractivity contribution is 0.588. The molecule has 0 aliphatic rings. The van der Waals surface area contributed by atoms with Crippen molar-refractivity contribution in [2.45, 2.75) is 6.54 Å². The van der Waals surface area contributed by atoms with E-state index in [1.54, 1.807) is 0 Å². The highest BCUT2D eigenvalue weighted by Gasteiger charge is 2.07. The normalized spacial score (nSPS) is 10.1. The van der Waals surface area contributed by atoms with E-state index < -0.39 is 11.6 Å². The summed E-state index contributed by atoms with van der Waals surface area (Å²) < 4.78 is 26.4. The van der Waals surface area contributed by atoms with E-state index in [0.717, 1.165) is 0 Å². The van der Waals surface area contributed by atoms with E-state index in [4.69, 9.17) is 0 Å². The maximum absolute atomic E-state index is 13.2. The third-order valence-electron chi connectivity index (χ3n) is 2.03. The monoisotopic (exact) mass is 221 g/mol. The van der Waals surface area contributed by atoms with E-state index in [2.05, 4.69) is 15.3 Å². The molecule has 0 spiro atoms. The highest BCUT2D eigenvalue weighted by molar-refractivity contribution is 5.46. The third kappa shape index (κ3) is 2.31. The molecule has 0 unspecified atom stereocenters. The van der Waals surface area contributed by atoms with Gasteiger partial charge in [-0.3, -0.25) is 9.97 Å². The van der Waals surface area contributed by atoms with Gasteiger partial charge in [-0.1, -0.05) is 6.07 Å². The molecule has 0 amide bonds. The van der Waals surface area contributed by atoms with Gasteiger partial charge in [-0.05, 0) is 12.1 Å². The molecule has 0 bridgehead atoms. The minimum absolute atomic E-state index is 0.145. The minimum Gasteiger partial charge on any atom is -0.375 e. The molecule has 1 aromatic heterocycles. The van der Waals surface area contributed by atoms with Crippen LogP contribution >= 0.6 is 0 Å². The van der Waals surface area contributed by atoms with Gasteiger partial charge >= 0.3 is 0 Å². The van der Waals surface area contributed by atoms with Crippen LogP contribution in [0.15, 0.2) is 36.8 Å². The fraction of sp³-hybridized carbons (Fsp3) is 0.0909. The van der Waals surface area contributed by atoms with Crippen LogP contribution < -0.4 is 5.32 Å². The van der Waals surface area contributed by atoms with Crippen LogP contribution in [-0.2, 0) is 6.54 Å². The highest BCUT2D eigenvalue weighted by Crippen LogP contribution is 2.18. The molecule has 0 atom stereocenters. The van der Waals surface area contributed by atoms with Crippen molar-refractivity contribution in [1.29, 1.82) is 0 Å². The van der Waals surface area contributed by atoms with Crippen molar-refractivity contribution >= 4 is 5.69 Å². The van der Waals surface area contributed by atoms with Gasteiger partial charge in [-0.25, -0.2) is 8.78 Å². The summed E-state index contributed by atoms with van der Waals surface area (Å²) in [7, 11) is 0. The number of aromatic nitrogens is 2. The van der Waals surface area contributed by atoms with Crippen LogP contribution in [0.25, 0.3) is 0 Å². The molecule has 0 fully saturated rings. The van der Waals surface area contributed by atoms with Gasteiger partial charge in [0.15, 0.2) is 0 Å². The van der Waals surface area contributed by atoms with Gasteiger partial charge in [-0.15, -0.1) is 0 Å². The van der Waals surface area contributed by atoms with E-state index in [9.17, 15) is 8.78 Å². The first-order valence-electron chi connectivity index (χ1n) is 4.70. The fourth-order valence-corrected chi connectivity index (χ4v) is 1.27. The van der Waals surface area contributed by atoms with Crippen molar-refractivity contribution < 1.29 is 8.78 Å². The summed E-state index contributed by atoms with van der Waals surface area (Å²) in [5, 5.41) is 2.64. The first-order chi connectivity index (χ1) is 7.77. The lowest BCUT2D eigenvalue weighted by Gasteiger charge is -2.07. The number of para-hydroxylation sites is 1. The summed E-state index contributed by atoms with van der Waals surface area (Å²) in [6, 6.07) is 3.71. The SMILES string of the molecule is Fc1cccc(F)c1NCc1cnccn1. The molecule has 0 saturated heterocycles. The highest BCUT2D eigenvalue weighted by atomic mass is 19.1. The molecule has 1 aromatic carbocycles. The van der Waals surface area contributed by atoms with Gasteiger partial charge in [0.25, 0.3) is 0 Å². The number of anilines is 1. The zero-order valence-corrected chi connectivity index (χ0v) is 8.32. The number of nitrogens with one attached hydrogen (secondary N) is 1. The average molecular weight is 221 g/mol. The Hall–Kier alpha value is -2.04. The van der Waals surface area contributed by atoms with Crippen LogP contribution in [0.2, 0.25) is 0 Å². The Morgan fingerprint density at radius 1 is 1.12 bits per heavy atom. The predicted molar refractivity (Wildman–Crippen MR) is 55.7 cm³/mol. The summed E-state index contributed by atoms with van der Waals surface area (Å²) in [6.45, 7) is 0.228. The summed E-state index contributed by atoms with van der Waals surface area (Å²) in [6.07, 6.45) is 4.59. The van der Waals surface area contributed by atoms with E-state index in [1.807, 2.05) is 0 Å². The number of hydrogen-bond acceptors (Lipinski definition) is 3. The largest absolute Gasteiger partial charge is 0.375 e. The molecule has 16 heavy (non-hydrogen) atoms. The zero-order chi connectivity index (χ0) is 11.4. The van der Waals surface area contributed by atoms with E-state index in [-0.39, 0.29) is 12.2 Å². The Kier molecular flexibility index (Phi) is 3.05. The molecule has 1 heterocycles. The second-order valence-electron chi connectivity index (χ2n) is 3.15. The molecule has 0 aliphatic carbocycles. The molecule has 0 radical (unpaired) electrons. The topological polar surface area (TPSA) is 37.8 Å². The van der Waals surface area contributed by atoms with Crippen LogP contribution in [0, 0.1) is 11.6 Å². The van der Waals surface area contributed by atoms with Crippen LogP contribution in [0.3, 0.4) is 0 Å². The average Bonchev–Trinajstić information content (AvgIpc) is 2.30. The molecule has 2 rings (SSSR count). The van der Waals surface area contributed by atoms with Crippen LogP contribution in [0.5, 0.6) is 0 Å². The molecule has 0 saturated carbocycles. The Bertz CT molecular complexity index is 454. The molecule has 3 nitrogen and oxygen atoms in total. The second-order valence-corrected chi connectivity index (χ2v) is 3.15. The number of halogens is 2. The van der Waals surface area contributed by atoms with Gasteiger partial charge in [0.05, 0.1) is 18.4 Å². The molecule has 1 N–H and O–H groups in total. The van der Waals surface area contributed by atoms with Crippen molar-refractivity contribution in [2.75, 3.05) is 5.32 Å². The predicted octanol–water partition coefficient (Wildman–Crippen LogP) is 2.37. The van der Waals surface area contributed by atoms with Crippen LogP contribution in [-0.4, -0.2) is 9.97 Å². The number of rotatable bonds is 3. The fourth-order valence-electron chi connectivity index (χ4n) is 1.27. The maximum atomic E-state index is 13.2. The van der Waals surface area contributed by atoms with Gasteiger partial charge < -0.3 is 5.32 Å². The Labute approximate surface area is 91.2 Å². The quantitative estimate of drug-likeness (QED) is 0.864. The lowest BCUT2D eigenvalue weighted by Crippen LogP contribution is -2.05. The van der Waals surface area contributed by atoms with Crippen molar-refractivity contribution in [1.82, 2.24) is 9.97 Å². The molecule has 82 valence electrons. The standard InChI is InChI=1S/C11H9F2N3/c12-9-2-1-3-10(13)11(9)16-7-8-6-14-4-5-15-8/h1-6,16H,7H2. The van der Waals surface area contributed by atoms with Crippen LogP contribution in [0.1, 0.15) is 5.69 Å².